The van der Waals surface area contributed by atoms with Crippen molar-refractivity contribution in [2.75, 3.05) is 13.7 Å². The fourth-order valence-electron chi connectivity index (χ4n) is 4.25. The zero-order valence-electron chi connectivity index (χ0n) is 20.8. The molecule has 0 aliphatic rings. The molecule has 3 aromatic heterocycles. The van der Waals surface area contributed by atoms with Gasteiger partial charge < -0.3 is 24.7 Å². The highest BCUT2D eigenvalue weighted by Crippen LogP contribution is 2.34. The number of carbonyl (C=O) groups is 1. The predicted molar refractivity (Wildman–Crippen MR) is 135 cm³/mol. The van der Waals surface area contributed by atoms with Crippen molar-refractivity contribution >= 4 is 27.8 Å². The number of fused-ring (bicyclic) bond motifs is 2. The monoisotopic (exact) mass is 548 g/mol. The average Bonchev–Trinajstić information content (AvgIpc) is 3.54. The third-order valence-electron chi connectivity index (χ3n) is 6.02. The number of rotatable bonds is 6. The van der Waals surface area contributed by atoms with Crippen LogP contribution in [-0.2, 0) is 18.4 Å². The first-order valence-electron chi connectivity index (χ1n) is 11.6. The molecular weight excluding hydrogens is 524 g/mol. The fraction of sp³-hybridized carbons (Fsp3) is 0.240. The van der Waals surface area contributed by atoms with E-state index >= 15 is 0 Å². The van der Waals surface area contributed by atoms with E-state index in [1.807, 2.05) is 46.8 Å². The minimum Gasteiger partial charge on any atom is -0.497 e. The molecule has 0 saturated carbocycles. The van der Waals surface area contributed by atoms with Gasteiger partial charge in [0.1, 0.15) is 11.6 Å². The molecule has 0 aliphatic heterocycles. The molecule has 0 spiro atoms. The number of methoxy groups -OCH3 is 1. The summed E-state index contributed by atoms with van der Waals surface area (Å²) in [6.45, 7) is 1.19. The first kappa shape index (κ1) is 27.4. The Balaban J connectivity index is 0.000000448. The summed E-state index contributed by atoms with van der Waals surface area (Å²) in [6, 6.07) is 10.3. The molecule has 0 amide bonds. The molecule has 206 valence electrons. The summed E-state index contributed by atoms with van der Waals surface area (Å²) >= 11 is 0. The summed E-state index contributed by atoms with van der Waals surface area (Å²) in [4.78, 5) is 21.8. The molecule has 14 heteroatoms. The third kappa shape index (κ3) is 5.36. The van der Waals surface area contributed by atoms with Crippen LogP contribution in [0.4, 0.5) is 17.6 Å². The molecule has 0 atom stereocenters. The molecular formula is C25H24F4N6O4. The number of aromatic nitrogens is 5. The highest BCUT2D eigenvalue weighted by molar-refractivity contribution is 5.96. The van der Waals surface area contributed by atoms with Crippen LogP contribution < -0.4 is 16.2 Å². The molecule has 5 rings (SSSR count). The van der Waals surface area contributed by atoms with Crippen molar-refractivity contribution in [1.29, 1.82) is 0 Å². The molecule has 10 nitrogen and oxygen atoms in total. The van der Waals surface area contributed by atoms with Crippen molar-refractivity contribution in [1.82, 2.24) is 23.9 Å². The highest BCUT2D eigenvalue weighted by atomic mass is 19.4. The summed E-state index contributed by atoms with van der Waals surface area (Å²) in [5, 5.41) is 15.5. The lowest BCUT2D eigenvalue weighted by Crippen LogP contribution is -2.21. The number of aromatic amines is 1. The van der Waals surface area contributed by atoms with Gasteiger partial charge in [-0.15, -0.1) is 0 Å². The Bertz CT molecular complexity index is 1710. The van der Waals surface area contributed by atoms with Crippen molar-refractivity contribution in [3.63, 3.8) is 0 Å². The maximum absolute atomic E-state index is 14.2. The molecule has 0 unspecified atom stereocenters. The molecule has 0 radical (unpaired) electrons. The maximum Gasteiger partial charge on any atom is 0.490 e. The van der Waals surface area contributed by atoms with E-state index in [0.717, 1.165) is 28.4 Å². The van der Waals surface area contributed by atoms with Crippen LogP contribution in [0.3, 0.4) is 0 Å². The van der Waals surface area contributed by atoms with Crippen molar-refractivity contribution in [3.05, 3.63) is 65.1 Å². The van der Waals surface area contributed by atoms with Crippen molar-refractivity contribution < 1.29 is 32.2 Å². The molecule has 39 heavy (non-hydrogen) atoms. The standard InChI is InChI=1S/C23H23FN6O2.C2HF3O2/c1-28-12-18(16-11-15(32-2)5-7-19(16)28)22-26-27-23(31)30(22)21-13-29(9-3-8-25)20-6-4-14(24)10-17(20)21;3-2(4,5)1(6)7/h4-7,10-13H,3,8-9,25H2,1-2H3,(H,27,31);(H,6,7). The fourth-order valence-corrected chi connectivity index (χ4v) is 4.25. The van der Waals surface area contributed by atoms with Gasteiger partial charge in [-0.1, -0.05) is 0 Å². The summed E-state index contributed by atoms with van der Waals surface area (Å²) in [6.07, 6.45) is -0.548. The van der Waals surface area contributed by atoms with Gasteiger partial charge in [0.2, 0.25) is 0 Å². The van der Waals surface area contributed by atoms with Gasteiger partial charge in [-0.3, -0.25) is 0 Å². The van der Waals surface area contributed by atoms with Crippen LogP contribution in [0, 0.1) is 5.82 Å². The van der Waals surface area contributed by atoms with Gasteiger partial charge in [-0.25, -0.2) is 23.6 Å². The van der Waals surface area contributed by atoms with E-state index in [1.165, 1.54) is 16.7 Å². The number of hydrogen-bond acceptors (Lipinski definition) is 5. The summed E-state index contributed by atoms with van der Waals surface area (Å²) < 4.78 is 56.8. The number of halogens is 4. The number of nitrogens with two attached hydrogens (primary N) is 1. The molecule has 4 N–H and O–H groups in total. The normalized spacial score (nSPS) is 11.6. The second-order valence-corrected chi connectivity index (χ2v) is 8.54. The minimum absolute atomic E-state index is 0.372. The lowest BCUT2D eigenvalue weighted by Gasteiger charge is -2.05. The number of carboxylic acid groups (broad SMARTS) is 1. The Labute approximate surface area is 217 Å². The summed E-state index contributed by atoms with van der Waals surface area (Å²) in [5.41, 5.74) is 8.41. The van der Waals surface area contributed by atoms with Crippen molar-refractivity contribution in [2.24, 2.45) is 12.8 Å². The second-order valence-electron chi connectivity index (χ2n) is 8.54. The largest absolute Gasteiger partial charge is 0.497 e. The summed E-state index contributed by atoms with van der Waals surface area (Å²) in [5.74, 6) is -1.98. The lowest BCUT2D eigenvalue weighted by molar-refractivity contribution is -0.192. The van der Waals surface area contributed by atoms with Crippen molar-refractivity contribution in [2.45, 2.75) is 19.1 Å². The number of benzene rings is 2. The first-order chi connectivity index (χ1) is 18.5. The zero-order valence-corrected chi connectivity index (χ0v) is 20.8. The number of alkyl halides is 3. The van der Waals surface area contributed by atoms with Crippen LogP contribution in [0.1, 0.15) is 6.42 Å². The van der Waals surface area contributed by atoms with E-state index in [2.05, 4.69) is 10.2 Å². The molecule has 0 saturated heterocycles. The predicted octanol–water partition coefficient (Wildman–Crippen LogP) is 3.80. The van der Waals surface area contributed by atoms with Crippen LogP contribution >= 0.6 is 0 Å². The number of hydrogen-bond donors (Lipinski definition) is 3. The van der Waals surface area contributed by atoms with Gasteiger partial charge in [0.05, 0.1) is 18.3 Å². The van der Waals surface area contributed by atoms with Gasteiger partial charge in [0.15, 0.2) is 5.82 Å². The lowest BCUT2D eigenvalue weighted by atomic mass is 10.1. The van der Waals surface area contributed by atoms with Gasteiger partial charge in [0.25, 0.3) is 0 Å². The van der Waals surface area contributed by atoms with E-state index in [1.54, 1.807) is 13.2 Å². The van der Waals surface area contributed by atoms with Crippen LogP contribution in [-0.4, -0.2) is 54.8 Å². The Morgan fingerprint density at radius 1 is 1.13 bits per heavy atom. The van der Waals surface area contributed by atoms with E-state index in [9.17, 15) is 22.4 Å². The number of H-pyrrole nitrogens is 1. The topological polar surface area (TPSA) is 133 Å². The maximum atomic E-state index is 14.2. The quantitative estimate of drug-likeness (QED) is 0.277. The SMILES string of the molecule is COc1ccc2c(c1)c(-c1n[nH]c(=O)n1-c1cn(CCCN)c3ccc(F)cc13)cn2C.O=C(O)C(F)(F)F. The first-order valence-corrected chi connectivity index (χ1v) is 11.6. The van der Waals surface area contributed by atoms with Crippen LogP contribution in [0.5, 0.6) is 5.75 Å². The third-order valence-corrected chi connectivity index (χ3v) is 6.02. The Kier molecular flexibility index (Phi) is 7.49. The summed E-state index contributed by atoms with van der Waals surface area (Å²) in [7, 11) is 3.54. The second kappa shape index (κ2) is 10.6. The molecule has 5 aromatic rings. The number of nitrogens with zero attached hydrogens (tertiary/aromatic N) is 4. The van der Waals surface area contributed by atoms with E-state index in [-0.39, 0.29) is 5.82 Å². The van der Waals surface area contributed by atoms with Gasteiger partial charge in [-0.2, -0.15) is 18.3 Å². The highest BCUT2D eigenvalue weighted by Gasteiger charge is 2.38. The van der Waals surface area contributed by atoms with Crippen LogP contribution in [0.25, 0.3) is 38.9 Å². The van der Waals surface area contributed by atoms with Gasteiger partial charge in [0, 0.05) is 47.8 Å². The molecule has 0 aliphatic carbocycles. The van der Waals surface area contributed by atoms with Crippen LogP contribution in [0.2, 0.25) is 0 Å². The van der Waals surface area contributed by atoms with E-state index in [0.29, 0.717) is 35.7 Å². The number of nitrogens with one attached hydrogen (secondary N) is 1. The van der Waals surface area contributed by atoms with Gasteiger partial charge >= 0.3 is 17.8 Å². The smallest absolute Gasteiger partial charge is 0.490 e. The Hall–Kier alpha value is -4.59. The van der Waals surface area contributed by atoms with Crippen molar-refractivity contribution in [3.8, 4) is 22.8 Å². The van der Waals surface area contributed by atoms with E-state index < -0.39 is 17.8 Å². The van der Waals surface area contributed by atoms with Crippen LogP contribution in [0.15, 0.2) is 53.6 Å². The molecule has 3 heterocycles. The average molecular weight is 548 g/mol. The van der Waals surface area contributed by atoms with Gasteiger partial charge in [-0.05, 0) is 49.4 Å². The number of aryl methyl sites for hydroxylation is 2. The Morgan fingerprint density at radius 2 is 1.82 bits per heavy atom. The molecule has 0 fully saturated rings. The zero-order chi connectivity index (χ0) is 28.5. The minimum atomic E-state index is -5.08. The van der Waals surface area contributed by atoms with E-state index in [4.69, 9.17) is 20.4 Å². The Morgan fingerprint density at radius 3 is 2.46 bits per heavy atom. The molecule has 0 bridgehead atoms. The molecule has 2 aromatic carbocycles. The number of ether oxygens (including phenoxy) is 1. The number of aliphatic carboxylic acids is 1. The number of carboxylic acids is 1.